The molecule has 0 aliphatic heterocycles. The minimum absolute atomic E-state index is 0.103. The van der Waals surface area contributed by atoms with E-state index in [0.717, 1.165) is 28.9 Å². The summed E-state index contributed by atoms with van der Waals surface area (Å²) in [6.07, 6.45) is 1.56. The van der Waals surface area contributed by atoms with Crippen LogP contribution < -0.4 is 5.56 Å². The van der Waals surface area contributed by atoms with Crippen molar-refractivity contribution in [2.24, 2.45) is 0 Å². The lowest BCUT2D eigenvalue weighted by Gasteiger charge is -2.01. The molecule has 3 aromatic rings. The standard InChI is InChI=1S/C13H10N4O3S/c18-10(5-21-13-16-11(19)4-12(20)17-13)7-1-2-8-9(3-7)15-6-14-8/h1-4,6H,5H2,(H,14,15)(H2,16,17,19,20). The monoisotopic (exact) mass is 302 g/mol. The van der Waals surface area contributed by atoms with Gasteiger partial charge in [-0.05, 0) is 18.2 Å². The largest absolute Gasteiger partial charge is 0.493 e. The number of nitrogens with zero attached hydrogens (tertiary/aromatic N) is 2. The number of H-pyrrole nitrogens is 2. The number of fused-ring (bicyclic) bond motifs is 1. The van der Waals surface area contributed by atoms with E-state index in [2.05, 4.69) is 19.9 Å². The van der Waals surface area contributed by atoms with Crippen molar-refractivity contribution in [1.82, 2.24) is 19.9 Å². The van der Waals surface area contributed by atoms with Crippen LogP contribution in [0.15, 0.2) is 40.5 Å². The third-order valence-electron chi connectivity index (χ3n) is 2.79. The summed E-state index contributed by atoms with van der Waals surface area (Å²) < 4.78 is 0. The minimum atomic E-state index is -0.462. The van der Waals surface area contributed by atoms with E-state index in [4.69, 9.17) is 0 Å². The van der Waals surface area contributed by atoms with Crippen LogP contribution >= 0.6 is 11.8 Å². The average molecular weight is 302 g/mol. The molecule has 0 aliphatic carbocycles. The number of hydrogen-bond donors (Lipinski definition) is 3. The molecule has 21 heavy (non-hydrogen) atoms. The quantitative estimate of drug-likeness (QED) is 0.381. The number of carbonyl (C=O) groups is 1. The number of aromatic amines is 2. The Morgan fingerprint density at radius 3 is 3.00 bits per heavy atom. The molecule has 0 bridgehead atoms. The van der Waals surface area contributed by atoms with E-state index >= 15 is 0 Å². The predicted molar refractivity (Wildman–Crippen MR) is 77.7 cm³/mol. The first-order valence-corrected chi connectivity index (χ1v) is 7.00. The van der Waals surface area contributed by atoms with Crippen LogP contribution in [0.1, 0.15) is 10.4 Å². The Hall–Kier alpha value is -2.61. The van der Waals surface area contributed by atoms with Gasteiger partial charge in [0.25, 0.3) is 5.56 Å². The number of nitrogens with one attached hydrogen (secondary N) is 2. The Labute approximate surface area is 122 Å². The summed E-state index contributed by atoms with van der Waals surface area (Å²) in [5, 5.41) is 9.44. The van der Waals surface area contributed by atoms with Gasteiger partial charge in [-0.3, -0.25) is 9.59 Å². The highest BCUT2D eigenvalue weighted by Crippen LogP contribution is 2.17. The molecule has 106 valence electrons. The molecule has 7 nitrogen and oxygen atoms in total. The van der Waals surface area contributed by atoms with Gasteiger partial charge in [0.1, 0.15) is 0 Å². The molecular formula is C13H10N4O3S. The van der Waals surface area contributed by atoms with Crippen LogP contribution in [-0.4, -0.2) is 36.6 Å². The summed E-state index contributed by atoms with van der Waals surface area (Å²) in [4.78, 5) is 36.5. The smallest absolute Gasteiger partial charge is 0.255 e. The lowest BCUT2D eigenvalue weighted by Crippen LogP contribution is -2.08. The number of benzene rings is 1. The predicted octanol–water partition coefficient (Wildman–Crippen LogP) is 1.33. The average Bonchev–Trinajstić information content (AvgIpc) is 2.91. The normalized spacial score (nSPS) is 10.9. The Morgan fingerprint density at radius 1 is 1.33 bits per heavy atom. The molecule has 2 aromatic heterocycles. The van der Waals surface area contributed by atoms with Crippen LogP contribution in [-0.2, 0) is 0 Å². The van der Waals surface area contributed by atoms with Crippen molar-refractivity contribution >= 4 is 28.6 Å². The van der Waals surface area contributed by atoms with Gasteiger partial charge in [-0.25, -0.2) is 4.98 Å². The van der Waals surface area contributed by atoms with Crippen molar-refractivity contribution < 1.29 is 9.90 Å². The third kappa shape index (κ3) is 2.95. The van der Waals surface area contributed by atoms with Gasteiger partial charge in [-0.1, -0.05) is 11.8 Å². The fourth-order valence-corrected chi connectivity index (χ4v) is 2.58. The molecule has 0 spiro atoms. The summed E-state index contributed by atoms with van der Waals surface area (Å²) in [6.45, 7) is 0. The van der Waals surface area contributed by atoms with Gasteiger partial charge in [-0.2, -0.15) is 4.98 Å². The molecule has 0 unspecified atom stereocenters. The highest BCUT2D eigenvalue weighted by atomic mass is 32.2. The fourth-order valence-electron chi connectivity index (χ4n) is 1.82. The second kappa shape index (κ2) is 5.41. The first-order chi connectivity index (χ1) is 10.1. The molecule has 0 fully saturated rings. The Morgan fingerprint density at radius 2 is 2.19 bits per heavy atom. The van der Waals surface area contributed by atoms with E-state index in [1.807, 2.05) is 0 Å². The number of aromatic hydroxyl groups is 1. The van der Waals surface area contributed by atoms with Gasteiger partial charge in [0.05, 0.1) is 29.2 Å². The van der Waals surface area contributed by atoms with Gasteiger partial charge in [0, 0.05) is 5.56 Å². The van der Waals surface area contributed by atoms with Crippen LogP contribution in [0.2, 0.25) is 0 Å². The molecule has 3 N–H and O–H groups in total. The van der Waals surface area contributed by atoms with Crippen LogP contribution in [0.3, 0.4) is 0 Å². The Bertz CT molecular complexity index is 871. The van der Waals surface area contributed by atoms with E-state index < -0.39 is 5.56 Å². The first-order valence-electron chi connectivity index (χ1n) is 6.01. The van der Waals surface area contributed by atoms with E-state index in [1.54, 1.807) is 24.5 Å². The maximum Gasteiger partial charge on any atom is 0.255 e. The molecule has 0 radical (unpaired) electrons. The van der Waals surface area contributed by atoms with Gasteiger partial charge in [0.15, 0.2) is 10.9 Å². The number of thioether (sulfide) groups is 1. The lowest BCUT2D eigenvalue weighted by molar-refractivity contribution is 0.102. The van der Waals surface area contributed by atoms with E-state index in [0.29, 0.717) is 5.56 Å². The zero-order valence-corrected chi connectivity index (χ0v) is 11.5. The van der Waals surface area contributed by atoms with Crippen LogP contribution in [0, 0.1) is 0 Å². The van der Waals surface area contributed by atoms with Crippen LogP contribution in [0.25, 0.3) is 11.0 Å². The molecule has 2 heterocycles. The van der Waals surface area contributed by atoms with Crippen molar-refractivity contribution in [2.45, 2.75) is 5.16 Å². The second-order valence-electron chi connectivity index (χ2n) is 4.26. The number of imidazole rings is 1. The fraction of sp³-hybridized carbons (Fsp3) is 0.0769. The van der Waals surface area contributed by atoms with Gasteiger partial charge in [-0.15, -0.1) is 0 Å². The Kier molecular flexibility index (Phi) is 3.44. The summed E-state index contributed by atoms with van der Waals surface area (Å²) >= 11 is 1.06. The number of Topliss-reactive ketones (excluding diaryl/α,β-unsaturated/α-hetero) is 1. The molecule has 0 aliphatic rings. The molecule has 8 heteroatoms. The van der Waals surface area contributed by atoms with Gasteiger partial charge < -0.3 is 15.1 Å². The maximum atomic E-state index is 12.1. The van der Waals surface area contributed by atoms with Crippen LogP contribution in [0.5, 0.6) is 5.88 Å². The molecule has 3 rings (SSSR count). The molecule has 0 atom stereocenters. The van der Waals surface area contributed by atoms with Gasteiger partial charge >= 0.3 is 0 Å². The number of aromatic nitrogens is 4. The Balaban J connectivity index is 1.75. The number of hydrogen-bond acceptors (Lipinski definition) is 6. The topological polar surface area (TPSA) is 112 Å². The van der Waals surface area contributed by atoms with Crippen molar-refractivity contribution in [3.63, 3.8) is 0 Å². The number of ketones is 1. The van der Waals surface area contributed by atoms with E-state index in [9.17, 15) is 14.7 Å². The maximum absolute atomic E-state index is 12.1. The highest BCUT2D eigenvalue weighted by molar-refractivity contribution is 7.99. The van der Waals surface area contributed by atoms with Crippen molar-refractivity contribution in [2.75, 3.05) is 5.75 Å². The second-order valence-corrected chi connectivity index (χ2v) is 5.22. The zero-order valence-electron chi connectivity index (χ0n) is 10.7. The SMILES string of the molecule is O=C(CSc1nc(O)cc(=O)[nH]1)c1ccc2nc[nH]c2c1. The van der Waals surface area contributed by atoms with Crippen molar-refractivity contribution in [1.29, 1.82) is 0 Å². The molecule has 0 saturated heterocycles. The molecule has 0 amide bonds. The molecular weight excluding hydrogens is 292 g/mol. The summed E-state index contributed by atoms with van der Waals surface area (Å²) in [5.74, 6) is -0.374. The number of rotatable bonds is 4. The van der Waals surface area contributed by atoms with Crippen molar-refractivity contribution in [3.05, 3.63) is 46.5 Å². The van der Waals surface area contributed by atoms with Gasteiger partial charge in [0.2, 0.25) is 5.88 Å². The highest BCUT2D eigenvalue weighted by Gasteiger charge is 2.10. The first kappa shape index (κ1) is 13.4. The van der Waals surface area contributed by atoms with Crippen LogP contribution in [0.4, 0.5) is 0 Å². The lowest BCUT2D eigenvalue weighted by atomic mass is 10.1. The van der Waals surface area contributed by atoms with Crippen molar-refractivity contribution in [3.8, 4) is 5.88 Å². The number of carbonyl (C=O) groups excluding carboxylic acids is 1. The summed E-state index contributed by atoms with van der Waals surface area (Å²) in [5.41, 5.74) is 1.66. The zero-order chi connectivity index (χ0) is 14.8. The third-order valence-corrected chi connectivity index (χ3v) is 3.66. The van der Waals surface area contributed by atoms with E-state index in [1.165, 1.54) is 0 Å². The minimum Gasteiger partial charge on any atom is -0.493 e. The summed E-state index contributed by atoms with van der Waals surface area (Å²) in [6, 6.07) is 6.16. The summed E-state index contributed by atoms with van der Waals surface area (Å²) in [7, 11) is 0. The van der Waals surface area contributed by atoms with E-state index in [-0.39, 0.29) is 22.6 Å². The molecule has 0 saturated carbocycles. The molecule has 1 aromatic carbocycles.